The summed E-state index contributed by atoms with van der Waals surface area (Å²) in [5.74, 6) is 0.714. The van der Waals surface area contributed by atoms with Crippen molar-refractivity contribution in [2.45, 2.75) is 6.42 Å². The molecule has 22 heavy (non-hydrogen) atoms. The minimum Gasteiger partial charge on any atom is -0.340 e. The van der Waals surface area contributed by atoms with Crippen LogP contribution < -0.4 is 5.32 Å². The monoisotopic (exact) mass is 297 g/mol. The molecular formula is C18H23N3O. The van der Waals surface area contributed by atoms with Gasteiger partial charge in [-0.3, -0.25) is 4.79 Å². The molecule has 2 aromatic rings. The van der Waals surface area contributed by atoms with Crippen molar-refractivity contribution in [1.29, 1.82) is 0 Å². The van der Waals surface area contributed by atoms with Crippen LogP contribution in [0.5, 0.6) is 0 Å². The molecule has 1 aromatic heterocycles. The molecule has 4 heteroatoms. The zero-order valence-electron chi connectivity index (χ0n) is 13.2. The maximum absolute atomic E-state index is 12.7. The molecule has 1 fully saturated rings. The van der Waals surface area contributed by atoms with E-state index in [0.29, 0.717) is 5.92 Å². The van der Waals surface area contributed by atoms with Crippen LogP contribution in [0, 0.1) is 5.92 Å². The van der Waals surface area contributed by atoms with Gasteiger partial charge in [0.1, 0.15) is 5.69 Å². The first kappa shape index (κ1) is 14.9. The lowest BCUT2D eigenvalue weighted by molar-refractivity contribution is 0.0778. The number of nitrogens with one attached hydrogen (secondary N) is 1. The summed E-state index contributed by atoms with van der Waals surface area (Å²) in [6.07, 6.45) is 1.09. The van der Waals surface area contributed by atoms with Crippen molar-refractivity contribution < 1.29 is 4.79 Å². The minimum atomic E-state index is 0.142. The average Bonchev–Trinajstić information content (AvgIpc) is 3.15. The number of amides is 1. The molecule has 116 valence electrons. The molecule has 0 aliphatic carbocycles. The van der Waals surface area contributed by atoms with Gasteiger partial charge in [-0.05, 0) is 43.6 Å². The van der Waals surface area contributed by atoms with Gasteiger partial charge in [0, 0.05) is 25.8 Å². The maximum Gasteiger partial charge on any atom is 0.270 e. The molecule has 0 unspecified atom stereocenters. The van der Waals surface area contributed by atoms with Gasteiger partial charge in [0.15, 0.2) is 0 Å². The number of carbonyl (C=O) groups excluding carboxylic acids is 1. The standard InChI is InChI=1S/C18H23N3O/c1-19-12-14-10-11-21(13-14)18(22)17-9-8-16(20(17)2)15-6-4-3-5-7-15/h3-9,14,19H,10-13H2,1-2H3/t14-/m1/s1. The van der Waals surface area contributed by atoms with E-state index in [-0.39, 0.29) is 5.91 Å². The molecular weight excluding hydrogens is 274 g/mol. The van der Waals surface area contributed by atoms with Crippen LogP contribution in [-0.4, -0.2) is 42.1 Å². The van der Waals surface area contributed by atoms with E-state index in [4.69, 9.17) is 0 Å². The zero-order chi connectivity index (χ0) is 15.5. The molecule has 0 radical (unpaired) electrons. The van der Waals surface area contributed by atoms with Gasteiger partial charge in [-0.1, -0.05) is 30.3 Å². The molecule has 4 nitrogen and oxygen atoms in total. The third-order valence-corrected chi connectivity index (χ3v) is 4.48. The van der Waals surface area contributed by atoms with Crippen LogP contribution in [0.3, 0.4) is 0 Å². The van der Waals surface area contributed by atoms with E-state index in [1.165, 1.54) is 0 Å². The lowest BCUT2D eigenvalue weighted by Crippen LogP contribution is -2.31. The van der Waals surface area contributed by atoms with Crippen LogP contribution in [0.4, 0.5) is 0 Å². The van der Waals surface area contributed by atoms with Crippen molar-refractivity contribution in [3.05, 3.63) is 48.2 Å². The Balaban J connectivity index is 1.79. The topological polar surface area (TPSA) is 37.3 Å². The van der Waals surface area contributed by atoms with Gasteiger partial charge in [-0.2, -0.15) is 0 Å². The molecule has 1 amide bonds. The van der Waals surface area contributed by atoms with Crippen molar-refractivity contribution in [2.24, 2.45) is 13.0 Å². The highest BCUT2D eigenvalue weighted by Crippen LogP contribution is 2.24. The van der Waals surface area contributed by atoms with Crippen molar-refractivity contribution in [1.82, 2.24) is 14.8 Å². The van der Waals surface area contributed by atoms with E-state index in [1.807, 2.05) is 53.9 Å². The number of benzene rings is 1. The Bertz CT molecular complexity index is 648. The van der Waals surface area contributed by atoms with E-state index in [0.717, 1.165) is 43.0 Å². The van der Waals surface area contributed by atoms with Crippen molar-refractivity contribution in [2.75, 3.05) is 26.7 Å². The normalized spacial score (nSPS) is 17.9. The maximum atomic E-state index is 12.7. The van der Waals surface area contributed by atoms with Crippen molar-refractivity contribution in [3.8, 4) is 11.3 Å². The smallest absolute Gasteiger partial charge is 0.270 e. The third kappa shape index (κ3) is 2.79. The molecule has 1 aromatic carbocycles. The van der Waals surface area contributed by atoms with Gasteiger partial charge >= 0.3 is 0 Å². The highest BCUT2D eigenvalue weighted by atomic mass is 16.2. The summed E-state index contributed by atoms with van der Waals surface area (Å²) >= 11 is 0. The van der Waals surface area contributed by atoms with Gasteiger partial charge in [0.25, 0.3) is 5.91 Å². The first-order valence-electron chi connectivity index (χ1n) is 7.85. The predicted octanol–water partition coefficient (Wildman–Crippen LogP) is 2.37. The van der Waals surface area contributed by atoms with Crippen molar-refractivity contribution >= 4 is 5.91 Å². The molecule has 0 bridgehead atoms. The fourth-order valence-corrected chi connectivity index (χ4v) is 3.26. The van der Waals surface area contributed by atoms with E-state index in [1.54, 1.807) is 0 Å². The summed E-state index contributed by atoms with van der Waals surface area (Å²) in [6.45, 7) is 2.69. The number of likely N-dealkylation sites (tertiary alicyclic amines) is 1. The fraction of sp³-hybridized carbons (Fsp3) is 0.389. The van der Waals surface area contributed by atoms with Crippen molar-refractivity contribution in [3.63, 3.8) is 0 Å². The Labute approximate surface area is 131 Å². The largest absolute Gasteiger partial charge is 0.340 e. The molecule has 0 saturated carbocycles. The first-order valence-corrected chi connectivity index (χ1v) is 7.85. The molecule has 1 atom stereocenters. The SMILES string of the molecule is CNC[C@H]1CCN(C(=O)c2ccc(-c3ccccc3)n2C)C1. The summed E-state index contributed by atoms with van der Waals surface area (Å²) in [5.41, 5.74) is 2.98. The number of aromatic nitrogens is 1. The molecule has 1 saturated heterocycles. The Morgan fingerprint density at radius 3 is 2.73 bits per heavy atom. The number of rotatable bonds is 4. The van der Waals surface area contributed by atoms with Crippen LogP contribution >= 0.6 is 0 Å². The highest BCUT2D eigenvalue weighted by molar-refractivity contribution is 5.94. The summed E-state index contributed by atoms with van der Waals surface area (Å²) in [7, 11) is 3.94. The fourth-order valence-electron chi connectivity index (χ4n) is 3.26. The summed E-state index contributed by atoms with van der Waals surface area (Å²) in [5, 5.41) is 3.20. The number of nitrogens with zero attached hydrogens (tertiary/aromatic N) is 2. The van der Waals surface area contributed by atoms with Gasteiger partial charge in [-0.25, -0.2) is 0 Å². The Kier molecular flexibility index (Phi) is 4.29. The molecule has 0 spiro atoms. The molecule has 3 rings (SSSR count). The second-order valence-corrected chi connectivity index (χ2v) is 5.99. The van der Waals surface area contributed by atoms with Crippen LogP contribution in [-0.2, 0) is 7.05 Å². The number of hydrogen-bond acceptors (Lipinski definition) is 2. The lowest BCUT2D eigenvalue weighted by atomic mass is 10.1. The zero-order valence-corrected chi connectivity index (χ0v) is 13.2. The van der Waals surface area contributed by atoms with Gasteiger partial charge < -0.3 is 14.8 Å². The Hall–Kier alpha value is -2.07. The lowest BCUT2D eigenvalue weighted by Gasteiger charge is -2.17. The number of hydrogen-bond donors (Lipinski definition) is 1. The van der Waals surface area contributed by atoms with Gasteiger partial charge in [-0.15, -0.1) is 0 Å². The second kappa shape index (κ2) is 6.36. The second-order valence-electron chi connectivity index (χ2n) is 5.99. The van der Waals surface area contributed by atoms with E-state index >= 15 is 0 Å². The molecule has 2 heterocycles. The highest BCUT2D eigenvalue weighted by Gasteiger charge is 2.28. The molecule has 1 N–H and O–H groups in total. The predicted molar refractivity (Wildman–Crippen MR) is 88.8 cm³/mol. The molecule has 1 aliphatic rings. The van der Waals surface area contributed by atoms with Gasteiger partial charge in [0.2, 0.25) is 0 Å². The summed E-state index contributed by atoms with van der Waals surface area (Å²) < 4.78 is 2.00. The average molecular weight is 297 g/mol. The first-order chi connectivity index (χ1) is 10.7. The van der Waals surface area contributed by atoms with E-state index in [2.05, 4.69) is 17.4 Å². The summed E-state index contributed by atoms with van der Waals surface area (Å²) in [4.78, 5) is 14.7. The van der Waals surface area contributed by atoms with Crippen LogP contribution in [0.2, 0.25) is 0 Å². The van der Waals surface area contributed by atoms with E-state index in [9.17, 15) is 4.79 Å². The van der Waals surface area contributed by atoms with Gasteiger partial charge in [0.05, 0.1) is 0 Å². The minimum absolute atomic E-state index is 0.142. The van der Waals surface area contributed by atoms with Crippen LogP contribution in [0.25, 0.3) is 11.3 Å². The Morgan fingerprint density at radius 1 is 1.23 bits per heavy atom. The number of carbonyl (C=O) groups is 1. The molecule has 1 aliphatic heterocycles. The van der Waals surface area contributed by atoms with Crippen LogP contribution in [0.15, 0.2) is 42.5 Å². The quantitative estimate of drug-likeness (QED) is 0.941. The van der Waals surface area contributed by atoms with E-state index < -0.39 is 0 Å². The Morgan fingerprint density at radius 2 is 2.00 bits per heavy atom. The van der Waals surface area contributed by atoms with Crippen LogP contribution in [0.1, 0.15) is 16.9 Å². The third-order valence-electron chi connectivity index (χ3n) is 4.48. The summed E-state index contributed by atoms with van der Waals surface area (Å²) in [6, 6.07) is 14.2.